The molecule has 39 heavy (non-hydrogen) atoms. The number of carbonyl (C=O) groups excluding carboxylic acids is 2. The molecule has 1 N–H and O–H groups in total. The molecule has 0 fully saturated rings. The number of carbonyl (C=O) groups is 2. The Hall–Kier alpha value is -3.56. The molecule has 10 heteroatoms. The highest BCUT2D eigenvalue weighted by atomic mass is 35.5. The molecular weight excluding hydrogens is 538 g/mol. The molecule has 0 aromatic heterocycles. The third-order valence-electron chi connectivity index (χ3n) is 6.21. The molecule has 0 aliphatic carbocycles. The van der Waals surface area contributed by atoms with Gasteiger partial charge in [0.05, 0.1) is 17.7 Å². The molecule has 0 saturated carbocycles. The third kappa shape index (κ3) is 7.52. The molecule has 0 bridgehead atoms. The Kier molecular flexibility index (Phi) is 10.4. The molecule has 0 spiro atoms. The third-order valence-corrected chi connectivity index (χ3v) is 8.22. The number of hydrogen-bond donors (Lipinski definition) is 1. The summed E-state index contributed by atoms with van der Waals surface area (Å²) in [4.78, 5) is 28.2. The van der Waals surface area contributed by atoms with E-state index in [0.717, 1.165) is 21.9 Å². The number of amides is 2. The van der Waals surface area contributed by atoms with Gasteiger partial charge in [-0.2, -0.15) is 0 Å². The fourth-order valence-corrected chi connectivity index (χ4v) is 5.55. The van der Waals surface area contributed by atoms with Gasteiger partial charge in [0.2, 0.25) is 11.8 Å². The highest BCUT2D eigenvalue weighted by molar-refractivity contribution is 7.92. The lowest BCUT2D eigenvalue weighted by Crippen LogP contribution is -2.51. The highest BCUT2D eigenvalue weighted by Crippen LogP contribution is 2.35. The number of rotatable bonds is 12. The van der Waals surface area contributed by atoms with Crippen molar-refractivity contribution in [3.05, 3.63) is 88.9 Å². The van der Waals surface area contributed by atoms with Gasteiger partial charge in [-0.1, -0.05) is 66.6 Å². The molecular formula is C29H34ClN3O5S. The van der Waals surface area contributed by atoms with E-state index in [2.05, 4.69) is 5.32 Å². The number of halogens is 1. The molecule has 3 rings (SSSR count). The summed E-state index contributed by atoms with van der Waals surface area (Å²) in [6.07, 6.45) is 0.738. The van der Waals surface area contributed by atoms with Gasteiger partial charge >= 0.3 is 0 Å². The van der Waals surface area contributed by atoms with E-state index in [0.29, 0.717) is 6.54 Å². The lowest BCUT2D eigenvalue weighted by Gasteiger charge is -2.32. The van der Waals surface area contributed by atoms with Crippen molar-refractivity contribution in [2.45, 2.75) is 44.7 Å². The van der Waals surface area contributed by atoms with Crippen LogP contribution >= 0.6 is 11.6 Å². The van der Waals surface area contributed by atoms with Crippen molar-refractivity contribution < 1.29 is 22.7 Å². The summed E-state index contributed by atoms with van der Waals surface area (Å²) in [6, 6.07) is 19.3. The van der Waals surface area contributed by atoms with Crippen molar-refractivity contribution in [1.82, 2.24) is 10.2 Å². The first kappa shape index (κ1) is 30.0. The van der Waals surface area contributed by atoms with Gasteiger partial charge in [0.1, 0.15) is 18.3 Å². The van der Waals surface area contributed by atoms with E-state index < -0.39 is 28.5 Å². The molecule has 208 valence electrons. The van der Waals surface area contributed by atoms with Crippen molar-refractivity contribution in [2.24, 2.45) is 0 Å². The van der Waals surface area contributed by atoms with Crippen LogP contribution in [0.4, 0.5) is 5.69 Å². The van der Waals surface area contributed by atoms with Gasteiger partial charge in [-0.25, -0.2) is 8.42 Å². The molecule has 3 aromatic carbocycles. The molecule has 0 heterocycles. The fourth-order valence-electron chi connectivity index (χ4n) is 3.97. The number of sulfonamides is 1. The van der Waals surface area contributed by atoms with Crippen LogP contribution in [0.1, 0.15) is 31.4 Å². The second-order valence-corrected chi connectivity index (χ2v) is 11.4. The van der Waals surface area contributed by atoms with E-state index >= 15 is 0 Å². The van der Waals surface area contributed by atoms with E-state index in [1.165, 1.54) is 30.2 Å². The van der Waals surface area contributed by atoms with Gasteiger partial charge in [-0.3, -0.25) is 13.9 Å². The number of benzene rings is 3. The Morgan fingerprint density at radius 2 is 1.69 bits per heavy atom. The van der Waals surface area contributed by atoms with Crippen LogP contribution in [0.3, 0.4) is 0 Å². The van der Waals surface area contributed by atoms with Crippen LogP contribution in [0.5, 0.6) is 5.75 Å². The number of aryl methyl sites for hydroxylation is 1. The molecule has 0 radical (unpaired) electrons. The lowest BCUT2D eigenvalue weighted by molar-refractivity contribution is -0.139. The second kappa shape index (κ2) is 13.5. The highest BCUT2D eigenvalue weighted by Gasteiger charge is 2.34. The standard InChI is InChI=1S/C29H34ClN3O5S/c1-5-17-31-29(35)22(3)32(19-23-9-7-6-8-10-23)28(34)20-33(26-18-24(30)13-16-27(26)38-4)39(36,37)25-14-11-21(2)12-15-25/h6-16,18,22H,5,17,19-20H2,1-4H3,(H,31,35)/t22-/m0/s1. The first-order valence-corrected chi connectivity index (χ1v) is 14.4. The van der Waals surface area contributed by atoms with Crippen molar-refractivity contribution in [1.29, 1.82) is 0 Å². The van der Waals surface area contributed by atoms with Crippen LogP contribution in [-0.2, 0) is 26.2 Å². The Morgan fingerprint density at radius 1 is 1.03 bits per heavy atom. The minimum absolute atomic E-state index is 0.00581. The van der Waals surface area contributed by atoms with E-state index in [4.69, 9.17) is 16.3 Å². The van der Waals surface area contributed by atoms with Crippen molar-refractivity contribution in [3.63, 3.8) is 0 Å². The van der Waals surface area contributed by atoms with Crippen molar-refractivity contribution >= 4 is 39.1 Å². The van der Waals surface area contributed by atoms with Gasteiger partial charge < -0.3 is 15.0 Å². The van der Waals surface area contributed by atoms with Gasteiger partial charge in [-0.05, 0) is 56.2 Å². The quantitative estimate of drug-likeness (QED) is 0.337. The average molecular weight is 572 g/mol. The average Bonchev–Trinajstić information content (AvgIpc) is 2.93. The van der Waals surface area contributed by atoms with Gasteiger partial charge in [0, 0.05) is 18.1 Å². The number of hydrogen-bond acceptors (Lipinski definition) is 5. The minimum atomic E-state index is -4.24. The summed E-state index contributed by atoms with van der Waals surface area (Å²) in [6.45, 7) is 5.42. The first-order valence-electron chi connectivity index (χ1n) is 12.6. The summed E-state index contributed by atoms with van der Waals surface area (Å²) >= 11 is 6.26. The van der Waals surface area contributed by atoms with Crippen LogP contribution in [-0.4, -0.2) is 51.4 Å². The minimum Gasteiger partial charge on any atom is -0.495 e. The zero-order valence-corrected chi connectivity index (χ0v) is 24.1. The molecule has 0 saturated heterocycles. The smallest absolute Gasteiger partial charge is 0.264 e. The molecule has 1 atom stereocenters. The van der Waals surface area contributed by atoms with E-state index in [1.54, 1.807) is 31.2 Å². The molecule has 3 aromatic rings. The summed E-state index contributed by atoms with van der Waals surface area (Å²) in [5.41, 5.74) is 1.80. The van der Waals surface area contributed by atoms with E-state index in [-0.39, 0.29) is 33.8 Å². The van der Waals surface area contributed by atoms with Crippen LogP contribution in [0.2, 0.25) is 5.02 Å². The van der Waals surface area contributed by atoms with Crippen LogP contribution in [0.25, 0.3) is 0 Å². The fraction of sp³-hybridized carbons (Fsp3) is 0.310. The molecule has 2 amide bonds. The first-order chi connectivity index (χ1) is 18.6. The lowest BCUT2D eigenvalue weighted by atomic mass is 10.1. The zero-order chi connectivity index (χ0) is 28.6. The number of anilines is 1. The zero-order valence-electron chi connectivity index (χ0n) is 22.6. The topological polar surface area (TPSA) is 96.0 Å². The van der Waals surface area contributed by atoms with E-state index in [9.17, 15) is 18.0 Å². The predicted molar refractivity (Wildman–Crippen MR) is 153 cm³/mol. The maximum Gasteiger partial charge on any atom is 0.264 e. The summed E-state index contributed by atoms with van der Waals surface area (Å²) < 4.78 is 34.4. The predicted octanol–water partition coefficient (Wildman–Crippen LogP) is 4.80. The molecule has 0 aliphatic rings. The van der Waals surface area contributed by atoms with Gasteiger partial charge in [0.25, 0.3) is 10.0 Å². The van der Waals surface area contributed by atoms with Crippen LogP contribution in [0.15, 0.2) is 77.7 Å². The summed E-state index contributed by atoms with van der Waals surface area (Å²) in [5, 5.41) is 3.10. The normalized spacial score (nSPS) is 11.9. The molecule has 8 nitrogen and oxygen atoms in total. The summed E-state index contributed by atoms with van der Waals surface area (Å²) in [7, 11) is -2.83. The SMILES string of the molecule is CCCNC(=O)[C@H](C)N(Cc1ccccc1)C(=O)CN(c1cc(Cl)ccc1OC)S(=O)(=O)c1ccc(C)cc1. The monoisotopic (exact) mass is 571 g/mol. The summed E-state index contributed by atoms with van der Waals surface area (Å²) in [5.74, 6) is -0.656. The van der Waals surface area contributed by atoms with Gasteiger partial charge in [-0.15, -0.1) is 0 Å². The van der Waals surface area contributed by atoms with Gasteiger partial charge in [0.15, 0.2) is 0 Å². The molecule has 0 unspecified atom stereocenters. The van der Waals surface area contributed by atoms with Crippen LogP contribution in [0, 0.1) is 6.92 Å². The van der Waals surface area contributed by atoms with Crippen molar-refractivity contribution in [2.75, 3.05) is 24.5 Å². The Balaban J connectivity index is 2.08. The van der Waals surface area contributed by atoms with E-state index in [1.807, 2.05) is 44.2 Å². The second-order valence-electron chi connectivity index (χ2n) is 9.12. The Morgan fingerprint density at radius 3 is 2.31 bits per heavy atom. The number of nitrogens with one attached hydrogen (secondary N) is 1. The number of methoxy groups -OCH3 is 1. The largest absolute Gasteiger partial charge is 0.495 e. The number of ether oxygens (including phenoxy) is 1. The maximum absolute atomic E-state index is 14.0. The van der Waals surface area contributed by atoms with Crippen molar-refractivity contribution in [3.8, 4) is 5.75 Å². The Bertz CT molecular complexity index is 1380. The Labute approximate surface area is 235 Å². The number of nitrogens with zero attached hydrogens (tertiary/aromatic N) is 2. The van der Waals surface area contributed by atoms with Crippen LogP contribution < -0.4 is 14.4 Å². The molecule has 0 aliphatic heterocycles. The maximum atomic E-state index is 14.0.